The Bertz CT molecular complexity index is 659. The van der Waals surface area contributed by atoms with Gasteiger partial charge >= 0.3 is 0 Å². The molecule has 0 spiro atoms. The maximum absolute atomic E-state index is 11.9. The Balaban J connectivity index is 1.81. The van der Waals surface area contributed by atoms with E-state index in [1.54, 1.807) is 19.2 Å². The summed E-state index contributed by atoms with van der Waals surface area (Å²) in [5, 5.41) is 6.58. The topological polar surface area (TPSA) is 50.4 Å². The van der Waals surface area contributed by atoms with Gasteiger partial charge in [-0.05, 0) is 42.8 Å². The lowest BCUT2D eigenvalue weighted by Crippen LogP contribution is -2.16. The Morgan fingerprint density at radius 2 is 2.00 bits per heavy atom. The Morgan fingerprint density at radius 3 is 2.68 bits per heavy atom. The molecule has 0 saturated carbocycles. The third-order valence-electron chi connectivity index (χ3n) is 3.13. The first-order chi connectivity index (χ1) is 10.6. The van der Waals surface area contributed by atoms with E-state index in [-0.39, 0.29) is 5.91 Å². The van der Waals surface area contributed by atoms with E-state index >= 15 is 0 Å². The standard InChI is InChI=1S/C17H19ClN2O2/c1-12-4-3-5-14(10-12)20-17(21)8-9-19-13-6-7-16(22-2)15(18)11-13/h3-7,10-11,19H,8-9H2,1-2H3,(H,20,21). The summed E-state index contributed by atoms with van der Waals surface area (Å²) in [6, 6.07) is 13.2. The summed E-state index contributed by atoms with van der Waals surface area (Å²) in [5.41, 5.74) is 2.79. The van der Waals surface area contributed by atoms with Gasteiger partial charge in [0.15, 0.2) is 0 Å². The summed E-state index contributed by atoms with van der Waals surface area (Å²) < 4.78 is 5.09. The lowest BCUT2D eigenvalue weighted by atomic mass is 10.2. The third-order valence-corrected chi connectivity index (χ3v) is 3.43. The van der Waals surface area contributed by atoms with Crippen LogP contribution < -0.4 is 15.4 Å². The van der Waals surface area contributed by atoms with Gasteiger partial charge in [0.05, 0.1) is 12.1 Å². The van der Waals surface area contributed by atoms with Gasteiger partial charge < -0.3 is 15.4 Å². The van der Waals surface area contributed by atoms with Crippen molar-refractivity contribution in [3.63, 3.8) is 0 Å². The first-order valence-corrected chi connectivity index (χ1v) is 7.40. The van der Waals surface area contributed by atoms with Crippen LogP contribution in [0.1, 0.15) is 12.0 Å². The Hall–Kier alpha value is -2.20. The molecule has 2 aromatic rings. The molecule has 0 radical (unpaired) electrons. The molecule has 0 bridgehead atoms. The van der Waals surface area contributed by atoms with Crippen molar-refractivity contribution in [3.8, 4) is 5.75 Å². The van der Waals surface area contributed by atoms with Crippen molar-refractivity contribution in [3.05, 3.63) is 53.1 Å². The minimum absolute atomic E-state index is 0.0299. The molecular formula is C17H19ClN2O2. The van der Waals surface area contributed by atoms with E-state index in [1.165, 1.54) is 0 Å². The number of hydrogen-bond donors (Lipinski definition) is 2. The van der Waals surface area contributed by atoms with Gasteiger partial charge in [-0.15, -0.1) is 0 Å². The van der Waals surface area contributed by atoms with Gasteiger partial charge in [-0.2, -0.15) is 0 Å². The van der Waals surface area contributed by atoms with Gasteiger partial charge in [0.1, 0.15) is 5.75 Å². The van der Waals surface area contributed by atoms with Crippen LogP contribution in [-0.4, -0.2) is 19.6 Å². The fourth-order valence-electron chi connectivity index (χ4n) is 2.04. The van der Waals surface area contributed by atoms with Crippen LogP contribution in [0.2, 0.25) is 5.02 Å². The van der Waals surface area contributed by atoms with Gasteiger partial charge in [-0.25, -0.2) is 0 Å². The quantitative estimate of drug-likeness (QED) is 0.843. The van der Waals surface area contributed by atoms with E-state index in [2.05, 4.69) is 10.6 Å². The van der Waals surface area contributed by atoms with Crippen molar-refractivity contribution in [1.29, 1.82) is 0 Å². The summed E-state index contributed by atoms with van der Waals surface area (Å²) >= 11 is 6.05. The normalized spacial score (nSPS) is 10.1. The molecular weight excluding hydrogens is 300 g/mol. The number of ether oxygens (including phenoxy) is 1. The molecule has 2 N–H and O–H groups in total. The number of hydrogen-bond acceptors (Lipinski definition) is 3. The van der Waals surface area contributed by atoms with Crippen LogP contribution in [0.4, 0.5) is 11.4 Å². The lowest BCUT2D eigenvalue weighted by molar-refractivity contribution is -0.115. The van der Waals surface area contributed by atoms with E-state index in [4.69, 9.17) is 16.3 Å². The summed E-state index contributed by atoms with van der Waals surface area (Å²) in [5.74, 6) is 0.599. The monoisotopic (exact) mass is 318 g/mol. The van der Waals surface area contributed by atoms with E-state index in [0.717, 1.165) is 16.9 Å². The molecule has 0 saturated heterocycles. The van der Waals surface area contributed by atoms with Crippen molar-refractivity contribution in [2.24, 2.45) is 0 Å². The number of carbonyl (C=O) groups is 1. The summed E-state index contributed by atoms with van der Waals surface area (Å²) in [6.07, 6.45) is 0.373. The first kappa shape index (κ1) is 16.2. The summed E-state index contributed by atoms with van der Waals surface area (Å²) in [4.78, 5) is 11.9. The molecule has 1 amide bonds. The van der Waals surface area contributed by atoms with Gasteiger partial charge in [0, 0.05) is 24.3 Å². The van der Waals surface area contributed by atoms with E-state index in [0.29, 0.717) is 23.7 Å². The second-order valence-electron chi connectivity index (χ2n) is 4.94. The third kappa shape index (κ3) is 4.67. The van der Waals surface area contributed by atoms with Crippen molar-refractivity contribution in [2.45, 2.75) is 13.3 Å². The molecule has 2 rings (SSSR count). The summed E-state index contributed by atoms with van der Waals surface area (Å²) in [6.45, 7) is 2.52. The number of amides is 1. The number of carbonyl (C=O) groups excluding carboxylic acids is 1. The van der Waals surface area contributed by atoms with Crippen LogP contribution in [0.25, 0.3) is 0 Å². The number of nitrogens with one attached hydrogen (secondary N) is 2. The van der Waals surface area contributed by atoms with Crippen LogP contribution in [0.5, 0.6) is 5.75 Å². The van der Waals surface area contributed by atoms with Gasteiger partial charge in [-0.1, -0.05) is 23.7 Å². The van der Waals surface area contributed by atoms with Crippen LogP contribution >= 0.6 is 11.6 Å². The Kier molecular flexibility index (Phi) is 5.67. The van der Waals surface area contributed by atoms with Crippen molar-refractivity contribution in [2.75, 3.05) is 24.3 Å². The highest BCUT2D eigenvalue weighted by Crippen LogP contribution is 2.27. The molecule has 116 valence electrons. The molecule has 0 heterocycles. The molecule has 2 aromatic carbocycles. The molecule has 5 heteroatoms. The highest BCUT2D eigenvalue weighted by molar-refractivity contribution is 6.32. The molecule has 0 fully saturated rings. The number of benzene rings is 2. The highest BCUT2D eigenvalue weighted by atomic mass is 35.5. The largest absolute Gasteiger partial charge is 0.495 e. The number of aryl methyl sites for hydroxylation is 1. The zero-order valence-electron chi connectivity index (χ0n) is 12.7. The van der Waals surface area contributed by atoms with Gasteiger partial charge in [0.25, 0.3) is 0 Å². The van der Waals surface area contributed by atoms with E-state index < -0.39 is 0 Å². The number of methoxy groups -OCH3 is 1. The van der Waals surface area contributed by atoms with Gasteiger partial charge in [-0.3, -0.25) is 4.79 Å². The molecule has 0 aromatic heterocycles. The second-order valence-corrected chi connectivity index (χ2v) is 5.35. The predicted octanol–water partition coefficient (Wildman–Crippen LogP) is 4.10. The fraction of sp³-hybridized carbons (Fsp3) is 0.235. The van der Waals surface area contributed by atoms with Crippen LogP contribution in [0.3, 0.4) is 0 Å². The zero-order valence-corrected chi connectivity index (χ0v) is 13.4. The molecule has 22 heavy (non-hydrogen) atoms. The fourth-order valence-corrected chi connectivity index (χ4v) is 2.30. The maximum atomic E-state index is 11.9. The SMILES string of the molecule is COc1ccc(NCCC(=O)Nc2cccc(C)c2)cc1Cl. The van der Waals surface area contributed by atoms with Crippen molar-refractivity contribution < 1.29 is 9.53 Å². The molecule has 0 unspecified atom stereocenters. The van der Waals surface area contributed by atoms with E-state index in [1.807, 2.05) is 37.3 Å². The van der Waals surface area contributed by atoms with Crippen LogP contribution in [0, 0.1) is 6.92 Å². The number of halogens is 1. The first-order valence-electron chi connectivity index (χ1n) is 7.02. The minimum Gasteiger partial charge on any atom is -0.495 e. The van der Waals surface area contributed by atoms with Crippen LogP contribution in [0.15, 0.2) is 42.5 Å². The molecule has 0 atom stereocenters. The number of rotatable bonds is 6. The van der Waals surface area contributed by atoms with Crippen molar-refractivity contribution in [1.82, 2.24) is 0 Å². The maximum Gasteiger partial charge on any atom is 0.226 e. The predicted molar refractivity (Wildman–Crippen MR) is 90.9 cm³/mol. The molecule has 0 aliphatic rings. The van der Waals surface area contributed by atoms with E-state index in [9.17, 15) is 4.79 Å². The average molecular weight is 319 g/mol. The van der Waals surface area contributed by atoms with Crippen molar-refractivity contribution >= 4 is 28.9 Å². The number of anilines is 2. The lowest BCUT2D eigenvalue weighted by Gasteiger charge is -2.09. The smallest absolute Gasteiger partial charge is 0.226 e. The van der Waals surface area contributed by atoms with Gasteiger partial charge in [0.2, 0.25) is 5.91 Å². The highest BCUT2D eigenvalue weighted by Gasteiger charge is 2.04. The Labute approximate surface area is 135 Å². The molecule has 0 aliphatic carbocycles. The molecule has 0 aliphatic heterocycles. The average Bonchev–Trinajstić information content (AvgIpc) is 2.47. The minimum atomic E-state index is -0.0299. The second kappa shape index (κ2) is 7.71. The molecule has 4 nitrogen and oxygen atoms in total. The zero-order chi connectivity index (χ0) is 15.9. The van der Waals surface area contributed by atoms with Crippen LogP contribution in [-0.2, 0) is 4.79 Å². The Morgan fingerprint density at radius 1 is 1.18 bits per heavy atom. The summed E-state index contributed by atoms with van der Waals surface area (Å²) in [7, 11) is 1.57.